The number of hydrogen-bond acceptors (Lipinski definition) is 6. The van der Waals surface area contributed by atoms with Crippen molar-refractivity contribution in [3.63, 3.8) is 0 Å². The van der Waals surface area contributed by atoms with E-state index in [1.54, 1.807) is 0 Å². The number of Topliss-reactive ketones (excluding diaryl/α,β-unsaturated/α-hetero) is 1. The molecule has 6 atom stereocenters. The molecular weight excluding hydrogens is 418 g/mol. The normalized spacial score (nSPS) is 38.0. The van der Waals surface area contributed by atoms with Crippen LogP contribution in [0.4, 0.5) is 0 Å². The lowest BCUT2D eigenvalue weighted by atomic mass is 9.67. The molecule has 184 valence electrons. The van der Waals surface area contributed by atoms with Gasteiger partial charge in [0.2, 0.25) is 0 Å². The first kappa shape index (κ1) is 23.2. The largest absolute Gasteiger partial charge is 0.389 e. The van der Waals surface area contributed by atoms with Crippen LogP contribution in [0.25, 0.3) is 0 Å². The molecule has 1 aromatic heterocycles. The van der Waals surface area contributed by atoms with Gasteiger partial charge in [-0.1, -0.05) is 13.3 Å². The maximum absolute atomic E-state index is 13.2. The Bertz CT molecular complexity index is 904. The fraction of sp³-hybridized carbons (Fsp3) is 0.920. The van der Waals surface area contributed by atoms with E-state index in [1.165, 1.54) is 22.2 Å². The summed E-state index contributed by atoms with van der Waals surface area (Å²) in [5.74, 6) is 2.69. The number of piperidine rings is 2. The molecule has 8 heteroatoms. The molecule has 2 aliphatic carbocycles. The Kier molecular flexibility index (Phi) is 6.51. The summed E-state index contributed by atoms with van der Waals surface area (Å²) in [5.41, 5.74) is -0.796. The molecule has 1 N–H and O–H groups in total. The van der Waals surface area contributed by atoms with Crippen molar-refractivity contribution in [2.45, 2.75) is 103 Å². The van der Waals surface area contributed by atoms with Crippen LogP contribution in [-0.2, 0) is 17.9 Å². The predicted octanol–water partition coefficient (Wildman–Crippen LogP) is 2.49. The molecule has 2 aliphatic heterocycles. The minimum atomic E-state index is -0.552. The van der Waals surface area contributed by atoms with Crippen molar-refractivity contribution < 1.29 is 9.90 Å². The highest BCUT2D eigenvalue weighted by Crippen LogP contribution is 2.45. The summed E-state index contributed by atoms with van der Waals surface area (Å²) in [6, 6.07) is 0.582. The SMILES string of the molecule is C[C@H]1CC[C@H](C(=O)Cn2nnn(CC3CC3)c2=O)CCC[C@H]2[C@H]1CCN1C[C@](C)(O)CC[C@H]21. The van der Waals surface area contributed by atoms with E-state index in [0.29, 0.717) is 36.3 Å². The van der Waals surface area contributed by atoms with Crippen molar-refractivity contribution in [1.29, 1.82) is 0 Å². The van der Waals surface area contributed by atoms with E-state index in [9.17, 15) is 14.7 Å². The molecule has 0 radical (unpaired) electrons. The molecule has 3 heterocycles. The van der Waals surface area contributed by atoms with Crippen molar-refractivity contribution in [3.05, 3.63) is 10.5 Å². The van der Waals surface area contributed by atoms with Gasteiger partial charge in [-0.2, -0.15) is 9.36 Å². The highest BCUT2D eigenvalue weighted by atomic mass is 16.3. The number of tetrazole rings is 1. The Morgan fingerprint density at radius 3 is 2.61 bits per heavy atom. The summed E-state index contributed by atoms with van der Waals surface area (Å²) < 4.78 is 2.69. The fourth-order valence-electron chi connectivity index (χ4n) is 7.02. The lowest BCUT2D eigenvalue weighted by molar-refractivity contribution is -0.124. The van der Waals surface area contributed by atoms with Gasteiger partial charge in [0.1, 0.15) is 6.54 Å². The number of aliphatic hydroxyl groups is 1. The third kappa shape index (κ3) is 5.11. The van der Waals surface area contributed by atoms with Gasteiger partial charge in [-0.25, -0.2) is 4.79 Å². The van der Waals surface area contributed by atoms with Gasteiger partial charge in [0.25, 0.3) is 0 Å². The standard InChI is InChI=1S/C25H41N5O3/c1-17-6-9-19(23(31)15-30-24(32)29(26-27-30)14-18-7-8-18)4-3-5-21-20(17)11-13-28-16-25(2,33)12-10-22(21)28/h17-22,33H,3-16H2,1-2H3/t17-,19+,20-,21-,22+,25+/m0/s1. The quantitative estimate of drug-likeness (QED) is 0.727. The fourth-order valence-corrected chi connectivity index (χ4v) is 7.02. The number of aromatic nitrogens is 4. The maximum atomic E-state index is 13.2. The monoisotopic (exact) mass is 459 g/mol. The first-order valence-electron chi connectivity index (χ1n) is 13.3. The average Bonchev–Trinajstić information content (AvgIpc) is 3.52. The van der Waals surface area contributed by atoms with E-state index in [1.807, 2.05) is 6.92 Å². The minimum Gasteiger partial charge on any atom is -0.389 e. The maximum Gasteiger partial charge on any atom is 0.364 e. The summed E-state index contributed by atoms with van der Waals surface area (Å²) in [7, 11) is 0. The van der Waals surface area contributed by atoms with Gasteiger partial charge in [0.15, 0.2) is 5.78 Å². The third-order valence-electron chi connectivity index (χ3n) is 9.16. The Balaban J connectivity index is 1.22. The van der Waals surface area contributed by atoms with Crippen molar-refractivity contribution >= 4 is 5.78 Å². The van der Waals surface area contributed by atoms with Gasteiger partial charge < -0.3 is 5.11 Å². The van der Waals surface area contributed by atoms with Crippen LogP contribution >= 0.6 is 0 Å². The van der Waals surface area contributed by atoms with Crippen LogP contribution in [0.1, 0.15) is 78.1 Å². The molecule has 5 rings (SSSR count). The molecule has 4 fully saturated rings. The van der Waals surface area contributed by atoms with E-state index in [2.05, 4.69) is 22.3 Å². The lowest BCUT2D eigenvalue weighted by Crippen LogP contribution is -2.58. The van der Waals surface area contributed by atoms with E-state index in [4.69, 9.17) is 0 Å². The number of fused-ring (bicyclic) bond motifs is 3. The highest BCUT2D eigenvalue weighted by Gasteiger charge is 2.45. The summed E-state index contributed by atoms with van der Waals surface area (Å²) in [4.78, 5) is 28.3. The molecule has 0 spiro atoms. The number of nitrogens with zero attached hydrogens (tertiary/aromatic N) is 5. The Morgan fingerprint density at radius 1 is 1.03 bits per heavy atom. The zero-order valence-electron chi connectivity index (χ0n) is 20.4. The summed E-state index contributed by atoms with van der Waals surface area (Å²) in [5, 5.41) is 18.6. The lowest BCUT2D eigenvalue weighted by Gasteiger charge is -2.52. The predicted molar refractivity (Wildman–Crippen MR) is 125 cm³/mol. The molecule has 8 nitrogen and oxygen atoms in total. The van der Waals surface area contributed by atoms with E-state index >= 15 is 0 Å². The van der Waals surface area contributed by atoms with Crippen molar-refractivity contribution in [1.82, 2.24) is 24.7 Å². The topological polar surface area (TPSA) is 93.2 Å². The van der Waals surface area contributed by atoms with Crippen LogP contribution in [0.3, 0.4) is 0 Å². The van der Waals surface area contributed by atoms with Crippen LogP contribution in [0.2, 0.25) is 0 Å². The van der Waals surface area contributed by atoms with Crippen LogP contribution in [0, 0.1) is 29.6 Å². The van der Waals surface area contributed by atoms with Crippen LogP contribution in [0.15, 0.2) is 4.79 Å². The van der Waals surface area contributed by atoms with Gasteiger partial charge in [-0.15, -0.1) is 0 Å². The van der Waals surface area contributed by atoms with Gasteiger partial charge in [-0.3, -0.25) is 9.69 Å². The molecule has 33 heavy (non-hydrogen) atoms. The van der Waals surface area contributed by atoms with Crippen LogP contribution < -0.4 is 5.69 Å². The second-order valence-electron chi connectivity index (χ2n) is 11.9. The van der Waals surface area contributed by atoms with Crippen LogP contribution in [0.5, 0.6) is 0 Å². The first-order chi connectivity index (χ1) is 15.8. The molecule has 2 saturated heterocycles. The van der Waals surface area contributed by atoms with Crippen LogP contribution in [-0.4, -0.2) is 60.3 Å². The van der Waals surface area contributed by atoms with Gasteiger partial charge in [0, 0.05) is 18.5 Å². The van der Waals surface area contributed by atoms with Gasteiger partial charge in [0.05, 0.1) is 12.1 Å². The number of carbonyl (C=O) groups excluding carboxylic acids is 1. The minimum absolute atomic E-state index is 0.0104. The molecule has 0 unspecified atom stereocenters. The Hall–Kier alpha value is -1.54. The molecule has 0 aromatic carbocycles. The number of carbonyl (C=O) groups is 1. The molecule has 2 saturated carbocycles. The van der Waals surface area contributed by atoms with Crippen molar-refractivity contribution in [2.75, 3.05) is 13.1 Å². The zero-order valence-corrected chi connectivity index (χ0v) is 20.4. The Morgan fingerprint density at radius 2 is 1.82 bits per heavy atom. The van der Waals surface area contributed by atoms with E-state index in [-0.39, 0.29) is 23.9 Å². The summed E-state index contributed by atoms with van der Waals surface area (Å²) in [6.45, 7) is 6.94. The number of rotatable bonds is 5. The third-order valence-corrected chi connectivity index (χ3v) is 9.16. The van der Waals surface area contributed by atoms with Gasteiger partial charge in [-0.05, 0) is 105 Å². The number of ketones is 1. The molecular formula is C25H41N5O3. The van der Waals surface area contributed by atoms with Crippen molar-refractivity contribution in [2.24, 2.45) is 29.6 Å². The zero-order chi connectivity index (χ0) is 23.2. The smallest absolute Gasteiger partial charge is 0.364 e. The number of hydrogen-bond donors (Lipinski definition) is 1. The second kappa shape index (κ2) is 9.25. The molecule has 1 aromatic rings. The Labute approximate surface area is 196 Å². The molecule has 0 amide bonds. The first-order valence-corrected chi connectivity index (χ1v) is 13.3. The molecule has 4 aliphatic rings. The summed E-state index contributed by atoms with van der Waals surface area (Å²) in [6.07, 6.45) is 10.6. The van der Waals surface area contributed by atoms with Gasteiger partial charge >= 0.3 is 5.69 Å². The summed E-state index contributed by atoms with van der Waals surface area (Å²) >= 11 is 0. The van der Waals surface area contributed by atoms with E-state index in [0.717, 1.165) is 64.5 Å². The average molecular weight is 460 g/mol. The van der Waals surface area contributed by atoms with Crippen molar-refractivity contribution in [3.8, 4) is 0 Å². The highest BCUT2D eigenvalue weighted by molar-refractivity contribution is 5.80. The van der Waals surface area contributed by atoms with E-state index < -0.39 is 5.60 Å². The molecule has 0 bridgehead atoms. The second-order valence-corrected chi connectivity index (χ2v) is 11.9.